The van der Waals surface area contributed by atoms with Crippen LogP contribution in [-0.4, -0.2) is 34.8 Å². The van der Waals surface area contributed by atoms with Crippen molar-refractivity contribution in [2.45, 2.75) is 25.3 Å². The molecule has 39 heavy (non-hydrogen) atoms. The van der Waals surface area contributed by atoms with Gasteiger partial charge in [-0.3, -0.25) is 20.2 Å². The summed E-state index contributed by atoms with van der Waals surface area (Å²) in [6.07, 6.45) is 3.84. The minimum Gasteiger partial charge on any atom is -0.505 e. The maximum atomic E-state index is 13.3. The zero-order valence-corrected chi connectivity index (χ0v) is 21.0. The van der Waals surface area contributed by atoms with Crippen molar-refractivity contribution in [3.05, 3.63) is 88.6 Å². The van der Waals surface area contributed by atoms with Crippen LogP contribution in [0.1, 0.15) is 35.3 Å². The number of pyridine rings is 1. The number of fused-ring (bicyclic) bond motifs is 1. The maximum Gasteiger partial charge on any atom is 0.260 e. The quantitative estimate of drug-likeness (QED) is 0.212. The molecule has 11 nitrogen and oxygen atoms in total. The van der Waals surface area contributed by atoms with Crippen molar-refractivity contribution < 1.29 is 9.90 Å². The van der Waals surface area contributed by atoms with E-state index in [-0.39, 0.29) is 34.8 Å². The Balaban J connectivity index is 1.52. The van der Waals surface area contributed by atoms with Crippen LogP contribution >= 0.6 is 0 Å². The zero-order valence-electron chi connectivity index (χ0n) is 21.0. The van der Waals surface area contributed by atoms with E-state index < -0.39 is 5.91 Å². The number of benzene rings is 2. The third kappa shape index (κ3) is 4.94. The van der Waals surface area contributed by atoms with E-state index >= 15 is 0 Å². The molecule has 2 unspecified atom stereocenters. The van der Waals surface area contributed by atoms with Gasteiger partial charge < -0.3 is 21.3 Å². The predicted octanol–water partition coefficient (Wildman–Crippen LogP) is 2.85. The highest BCUT2D eigenvalue weighted by Gasteiger charge is 2.27. The number of hydrogen-bond acceptors (Lipinski definition) is 10. The molecular formula is C28H25N9O2. The Morgan fingerprint density at radius 3 is 2.72 bits per heavy atom. The highest BCUT2D eigenvalue weighted by molar-refractivity contribution is 6.08. The summed E-state index contributed by atoms with van der Waals surface area (Å²) in [6.45, 7) is 2.30. The molecule has 2 aliphatic heterocycles. The Labute approximate surface area is 224 Å². The third-order valence-corrected chi connectivity index (χ3v) is 6.63. The summed E-state index contributed by atoms with van der Waals surface area (Å²) in [6, 6.07) is 18.4. The number of hydrazine groups is 2. The Kier molecular flexibility index (Phi) is 7.08. The van der Waals surface area contributed by atoms with Gasteiger partial charge in [0.2, 0.25) is 0 Å². The second kappa shape index (κ2) is 10.9. The monoisotopic (exact) mass is 519 g/mol. The highest BCUT2D eigenvalue weighted by atomic mass is 16.3. The van der Waals surface area contributed by atoms with Crippen LogP contribution in [0.15, 0.2) is 82.4 Å². The van der Waals surface area contributed by atoms with Crippen LogP contribution in [0.2, 0.25) is 0 Å². The molecule has 3 heterocycles. The molecule has 1 aromatic heterocycles. The molecule has 3 aromatic rings. The summed E-state index contributed by atoms with van der Waals surface area (Å²) in [5.41, 5.74) is 14.1. The molecule has 0 fully saturated rings. The van der Waals surface area contributed by atoms with Gasteiger partial charge in [0, 0.05) is 36.0 Å². The molecule has 1 amide bonds. The lowest BCUT2D eigenvalue weighted by Gasteiger charge is -2.23. The van der Waals surface area contributed by atoms with Crippen LogP contribution in [-0.2, 0) is 0 Å². The van der Waals surface area contributed by atoms with E-state index in [9.17, 15) is 20.4 Å². The Bertz CT molecular complexity index is 1610. The topological polar surface area (TPSA) is 170 Å². The number of nitriles is 2. The SMILES string of the molecule is CC1NNC(NC(=O)c2cc3ccccc3c(NNC3=C(C#N)C=NCCC3c3ccccn3)c2O)=C1C#N. The van der Waals surface area contributed by atoms with E-state index in [1.807, 2.05) is 42.5 Å². The minimum absolute atomic E-state index is 0.00216. The van der Waals surface area contributed by atoms with E-state index in [4.69, 9.17) is 0 Å². The van der Waals surface area contributed by atoms with E-state index in [0.29, 0.717) is 40.6 Å². The molecule has 2 aromatic carbocycles. The number of amides is 1. The van der Waals surface area contributed by atoms with Gasteiger partial charge in [0.15, 0.2) is 5.75 Å². The summed E-state index contributed by atoms with van der Waals surface area (Å²) in [5, 5.41) is 34.6. The lowest BCUT2D eigenvalue weighted by atomic mass is 9.94. The van der Waals surface area contributed by atoms with E-state index in [2.05, 4.69) is 49.1 Å². The summed E-state index contributed by atoms with van der Waals surface area (Å²) in [7, 11) is 0. The van der Waals surface area contributed by atoms with Crippen LogP contribution in [0.25, 0.3) is 10.8 Å². The molecule has 194 valence electrons. The summed E-state index contributed by atoms with van der Waals surface area (Å²) < 4.78 is 0. The summed E-state index contributed by atoms with van der Waals surface area (Å²) in [4.78, 5) is 22.1. The first-order valence-corrected chi connectivity index (χ1v) is 12.3. The molecule has 0 saturated heterocycles. The van der Waals surface area contributed by atoms with Crippen molar-refractivity contribution in [2.24, 2.45) is 4.99 Å². The van der Waals surface area contributed by atoms with Crippen molar-refractivity contribution in [1.29, 1.82) is 10.5 Å². The average molecular weight is 520 g/mol. The number of aliphatic imine (C=N–C) groups is 1. The number of nitrogens with one attached hydrogen (secondary N) is 5. The molecule has 0 aliphatic carbocycles. The molecule has 0 bridgehead atoms. The predicted molar refractivity (Wildman–Crippen MR) is 146 cm³/mol. The number of aromatic nitrogens is 1. The highest BCUT2D eigenvalue weighted by Crippen LogP contribution is 2.37. The number of phenolic OH excluding ortho intramolecular Hbond substituents is 1. The Morgan fingerprint density at radius 2 is 1.95 bits per heavy atom. The molecule has 0 spiro atoms. The smallest absolute Gasteiger partial charge is 0.260 e. The molecule has 11 heteroatoms. The minimum atomic E-state index is -0.600. The number of hydrogen-bond donors (Lipinski definition) is 6. The lowest BCUT2D eigenvalue weighted by Crippen LogP contribution is -2.36. The van der Waals surface area contributed by atoms with Gasteiger partial charge >= 0.3 is 0 Å². The van der Waals surface area contributed by atoms with Crippen molar-refractivity contribution in [3.8, 4) is 17.9 Å². The van der Waals surface area contributed by atoms with Crippen LogP contribution in [0, 0.1) is 22.7 Å². The van der Waals surface area contributed by atoms with Crippen LogP contribution in [0.3, 0.4) is 0 Å². The Morgan fingerprint density at radius 1 is 1.13 bits per heavy atom. The van der Waals surface area contributed by atoms with Crippen molar-refractivity contribution in [1.82, 2.24) is 26.6 Å². The van der Waals surface area contributed by atoms with Gasteiger partial charge in [-0.15, -0.1) is 0 Å². The second-order valence-corrected chi connectivity index (χ2v) is 9.03. The number of allylic oxidation sites excluding steroid dienone is 2. The molecule has 0 saturated carbocycles. The Hall–Kier alpha value is -5.39. The van der Waals surface area contributed by atoms with Gasteiger partial charge in [-0.05, 0) is 36.9 Å². The first kappa shape index (κ1) is 25.3. The summed E-state index contributed by atoms with van der Waals surface area (Å²) >= 11 is 0. The van der Waals surface area contributed by atoms with E-state index in [1.54, 1.807) is 19.2 Å². The van der Waals surface area contributed by atoms with Gasteiger partial charge in [0.05, 0.1) is 28.4 Å². The first-order valence-electron chi connectivity index (χ1n) is 12.3. The number of carbonyl (C=O) groups is 1. The lowest BCUT2D eigenvalue weighted by molar-refractivity contribution is 0.0960. The van der Waals surface area contributed by atoms with E-state index in [0.717, 1.165) is 5.69 Å². The van der Waals surface area contributed by atoms with Crippen molar-refractivity contribution in [3.63, 3.8) is 0 Å². The number of carbonyl (C=O) groups excluding carboxylic acids is 1. The van der Waals surface area contributed by atoms with Gasteiger partial charge in [0.25, 0.3) is 5.91 Å². The van der Waals surface area contributed by atoms with Crippen molar-refractivity contribution >= 4 is 28.6 Å². The normalized spacial score (nSPS) is 18.6. The number of rotatable bonds is 6. The van der Waals surface area contributed by atoms with Crippen LogP contribution < -0.4 is 27.0 Å². The second-order valence-electron chi connectivity index (χ2n) is 9.03. The van der Waals surface area contributed by atoms with Crippen LogP contribution in [0.5, 0.6) is 5.75 Å². The summed E-state index contributed by atoms with van der Waals surface area (Å²) in [5.74, 6) is -0.921. The largest absolute Gasteiger partial charge is 0.505 e. The molecule has 2 aliphatic rings. The fraction of sp³-hybridized carbons (Fsp3) is 0.179. The van der Waals surface area contributed by atoms with Crippen molar-refractivity contribution in [2.75, 3.05) is 12.0 Å². The maximum absolute atomic E-state index is 13.3. The molecule has 5 rings (SSSR count). The fourth-order valence-corrected chi connectivity index (χ4v) is 4.62. The first-order chi connectivity index (χ1) is 19.0. The van der Waals surface area contributed by atoms with Gasteiger partial charge in [0.1, 0.15) is 23.6 Å². The van der Waals surface area contributed by atoms with E-state index in [1.165, 1.54) is 6.21 Å². The number of phenols is 1. The average Bonchev–Trinajstić information content (AvgIpc) is 3.18. The molecule has 2 atom stereocenters. The number of nitrogens with zero attached hydrogens (tertiary/aromatic N) is 4. The van der Waals surface area contributed by atoms with Crippen LogP contribution in [0.4, 0.5) is 5.69 Å². The standard InChI is InChI=1S/C28H25N9O2/c1-16-22(14-30)27(37-34-16)33-28(39)21-12-17-6-2-3-7-19(17)25(26(21)38)36-35-24-18(13-29)15-31-11-9-20(24)23-8-4-5-10-32-23/h2-8,10,12,15-16,20,34-38H,9,11H2,1H3,(H,33,39). The van der Waals surface area contributed by atoms with Gasteiger partial charge in [-0.25, -0.2) is 5.43 Å². The fourth-order valence-electron chi connectivity index (χ4n) is 4.62. The molecule has 6 N–H and O–H groups in total. The number of anilines is 1. The molecular weight excluding hydrogens is 494 g/mol. The number of aromatic hydroxyl groups is 1. The van der Waals surface area contributed by atoms with Gasteiger partial charge in [-0.2, -0.15) is 10.5 Å². The van der Waals surface area contributed by atoms with Gasteiger partial charge in [-0.1, -0.05) is 30.3 Å². The zero-order chi connectivity index (χ0) is 27.4. The third-order valence-electron chi connectivity index (χ3n) is 6.63. The molecule has 0 radical (unpaired) electrons.